The van der Waals surface area contributed by atoms with Gasteiger partial charge in [-0.2, -0.15) is 14.6 Å². The Morgan fingerprint density at radius 2 is 1.13 bits per heavy atom. The number of carbonyl (C=O) groups is 2. The van der Waals surface area contributed by atoms with Crippen LogP contribution in [0.2, 0.25) is 51.4 Å². The summed E-state index contributed by atoms with van der Waals surface area (Å²) in [6, 6.07) is 13.5. The first-order chi connectivity index (χ1) is 38.9. The molecule has 0 spiro atoms. The van der Waals surface area contributed by atoms with E-state index in [4.69, 9.17) is 33.5 Å². The molecule has 6 aromatic rings. The molecule has 0 radical (unpaired) electrons. The number of hydrogen-bond donors (Lipinski definition) is 2. The van der Waals surface area contributed by atoms with Gasteiger partial charge in [0.15, 0.2) is 0 Å². The van der Waals surface area contributed by atoms with Crippen molar-refractivity contribution in [2.24, 2.45) is 22.7 Å². The number of carbonyl (C=O) groups excluding carboxylic acids is 1. The highest BCUT2D eigenvalue weighted by Crippen LogP contribution is 2.32. The molecule has 0 bridgehead atoms. The van der Waals surface area contributed by atoms with Gasteiger partial charge in [-0.25, -0.2) is 23.1 Å². The number of aliphatic carboxylic acids is 1. The summed E-state index contributed by atoms with van der Waals surface area (Å²) in [7, 11) is -4.74. The van der Waals surface area contributed by atoms with Crippen LogP contribution in [0.1, 0.15) is 64.5 Å². The van der Waals surface area contributed by atoms with Gasteiger partial charge >= 0.3 is 17.9 Å². The highest BCUT2D eigenvalue weighted by atomic mass is 32.2. The SMILES string of the molecule is COC(=O)C(C)(C)COc1cc(C)c(-c2ccc(-c3nc(S(C)(=O)=O)n(COCC[Si](C)(C)C)n3)nc2)cn1.Cc1cc(OCC(C)(C)C(=O)O)ncc1-c1ccc(-c2nc(OCC3CC3)n(COCC[Si](C)(C)C)n2)nc1.OCC1CC1. The van der Waals surface area contributed by atoms with Crippen molar-refractivity contribution < 1.29 is 56.6 Å². The molecular weight excluding hydrogens is 1120 g/mol. The quantitative estimate of drug-likeness (QED) is 0.0276. The van der Waals surface area contributed by atoms with Crippen LogP contribution in [0.5, 0.6) is 17.8 Å². The Morgan fingerprint density at radius 1 is 0.663 bits per heavy atom. The number of aliphatic hydroxyl groups is 1. The zero-order chi connectivity index (χ0) is 60.9. The fourth-order valence-electron chi connectivity index (χ4n) is 7.36. The summed E-state index contributed by atoms with van der Waals surface area (Å²) >= 11 is 0. The Morgan fingerprint density at radius 3 is 1.53 bits per heavy atom. The second-order valence-corrected chi connectivity index (χ2v) is 38.1. The first-order valence-corrected chi connectivity index (χ1v) is 37.2. The van der Waals surface area contributed by atoms with Crippen LogP contribution in [0.3, 0.4) is 0 Å². The topological polar surface area (TPSA) is 277 Å². The van der Waals surface area contributed by atoms with Gasteiger partial charge in [0.25, 0.3) is 0 Å². The molecule has 25 heteroatoms. The fraction of sp³-hybridized carbons (Fsp3) is 0.552. The lowest BCUT2D eigenvalue weighted by Gasteiger charge is -2.21. The average Bonchev–Trinajstić information content (AvgIpc) is 4.48. The van der Waals surface area contributed by atoms with Gasteiger partial charge in [0, 0.05) is 101 Å². The molecule has 0 aromatic carbocycles. The first kappa shape index (κ1) is 65.6. The summed E-state index contributed by atoms with van der Waals surface area (Å²) in [4.78, 5) is 49.9. The van der Waals surface area contributed by atoms with Crippen LogP contribution in [0.4, 0.5) is 0 Å². The molecule has 2 saturated carbocycles. The average molecular weight is 1200 g/mol. The Bertz CT molecular complexity index is 3230. The van der Waals surface area contributed by atoms with E-state index in [9.17, 15) is 23.1 Å². The number of aliphatic hydroxyl groups excluding tert-OH is 1. The second-order valence-electron chi connectivity index (χ2n) is 25.0. The van der Waals surface area contributed by atoms with Gasteiger partial charge in [-0.15, -0.1) is 10.2 Å². The third-order valence-electron chi connectivity index (χ3n) is 13.4. The highest BCUT2D eigenvalue weighted by molar-refractivity contribution is 7.90. The minimum atomic E-state index is -3.62. The zero-order valence-electron chi connectivity index (χ0n) is 50.7. The van der Waals surface area contributed by atoms with Crippen molar-refractivity contribution >= 4 is 37.9 Å². The lowest BCUT2D eigenvalue weighted by molar-refractivity contribution is -0.152. The van der Waals surface area contributed by atoms with E-state index in [0.717, 1.165) is 51.7 Å². The Labute approximate surface area is 490 Å². The molecule has 6 heterocycles. The normalized spacial score (nSPS) is 13.8. The minimum Gasteiger partial charge on any atom is -0.481 e. The van der Waals surface area contributed by atoms with Crippen molar-refractivity contribution in [1.29, 1.82) is 0 Å². The smallest absolute Gasteiger partial charge is 0.317 e. The van der Waals surface area contributed by atoms with Gasteiger partial charge in [-0.3, -0.25) is 19.6 Å². The van der Waals surface area contributed by atoms with Crippen molar-refractivity contribution in [2.75, 3.05) is 53.0 Å². The molecular formula is C58H84N10O12SSi2. The van der Waals surface area contributed by atoms with Crippen molar-refractivity contribution in [3.05, 3.63) is 72.3 Å². The van der Waals surface area contributed by atoms with Crippen LogP contribution in [-0.2, 0) is 47.1 Å². The standard InChI is InChI=1S/C28H39N5O5Si.C26H37N5O6SSi.C4H8O/c1-19-13-24(38-17-28(2,3)26(34)35)30-15-22(19)21-9-10-23(29-14-21)25-31-27(37-16-20-7-8-20)33(32-25)18-36-11-12-39(4,5)6;1-18-13-22(37-16-26(2,3)24(32)35-4)28-15-20(18)19-9-10-21(27-14-19)23-29-25(38(5,33)34)31(30-23)17-36-11-12-39(6,7)8;5-3-4-1-2-4/h9-10,13-15,20H,7-8,11-12,16-18H2,1-6H3,(H,34,35);9-10,13-15H,11-12,16-17H2,1-8H3;4-5H,1-3H2. The molecule has 2 N–H and O–H groups in total. The molecule has 6 aromatic heterocycles. The molecule has 452 valence electrons. The summed E-state index contributed by atoms with van der Waals surface area (Å²) in [5.41, 5.74) is 4.56. The molecule has 83 heavy (non-hydrogen) atoms. The summed E-state index contributed by atoms with van der Waals surface area (Å²) in [5.74, 6) is 1.47. The van der Waals surface area contributed by atoms with E-state index in [1.165, 1.54) is 37.5 Å². The van der Waals surface area contributed by atoms with Gasteiger partial charge in [0.2, 0.25) is 38.4 Å². The number of methoxy groups -OCH3 is 1. The molecule has 8 rings (SSSR count). The van der Waals surface area contributed by atoms with Crippen LogP contribution >= 0.6 is 0 Å². The predicted octanol–water partition coefficient (Wildman–Crippen LogP) is 9.69. The number of pyridine rings is 4. The van der Waals surface area contributed by atoms with Crippen molar-refractivity contribution in [2.45, 2.75) is 137 Å². The number of esters is 1. The third-order valence-corrected chi connectivity index (χ3v) is 17.8. The Hall–Kier alpha value is -6.52. The van der Waals surface area contributed by atoms with Gasteiger partial charge in [0.1, 0.15) is 38.1 Å². The van der Waals surface area contributed by atoms with Crippen LogP contribution in [0.15, 0.2) is 66.3 Å². The number of hydrogen-bond acceptors (Lipinski definition) is 19. The first-order valence-electron chi connectivity index (χ1n) is 27.9. The summed E-state index contributed by atoms with van der Waals surface area (Å²) < 4.78 is 61.3. The largest absolute Gasteiger partial charge is 0.481 e. The number of aromatic nitrogens is 10. The number of sulfone groups is 1. The predicted molar refractivity (Wildman–Crippen MR) is 320 cm³/mol. The minimum absolute atomic E-state index is 0.00589. The van der Waals surface area contributed by atoms with Crippen molar-refractivity contribution in [3.63, 3.8) is 0 Å². The van der Waals surface area contributed by atoms with E-state index in [-0.39, 0.29) is 36.9 Å². The van der Waals surface area contributed by atoms with Gasteiger partial charge in [-0.1, -0.05) is 51.4 Å². The molecule has 2 aliphatic rings. The summed E-state index contributed by atoms with van der Waals surface area (Å²) in [6.45, 7) is 27.0. The number of aryl methyl sites for hydroxylation is 2. The number of ether oxygens (including phenoxy) is 6. The van der Waals surface area contributed by atoms with Gasteiger partial charge in [0.05, 0.1) is 24.5 Å². The van der Waals surface area contributed by atoms with Crippen LogP contribution in [-0.4, -0.2) is 149 Å². The lowest BCUT2D eigenvalue weighted by atomic mass is 9.95. The maximum atomic E-state index is 12.3. The number of carboxylic acid groups (broad SMARTS) is 1. The Balaban J connectivity index is 0.000000245. The van der Waals surface area contributed by atoms with E-state index in [1.807, 2.05) is 32.0 Å². The number of nitrogens with zero attached hydrogens (tertiary/aromatic N) is 10. The molecule has 0 aliphatic heterocycles. The zero-order valence-corrected chi connectivity index (χ0v) is 53.5. The monoisotopic (exact) mass is 1200 g/mol. The lowest BCUT2D eigenvalue weighted by Crippen LogP contribution is -2.32. The molecule has 0 saturated heterocycles. The molecule has 2 fully saturated rings. The molecule has 22 nitrogen and oxygen atoms in total. The molecule has 2 aliphatic carbocycles. The van der Waals surface area contributed by atoms with E-state index >= 15 is 0 Å². The number of rotatable bonds is 27. The maximum absolute atomic E-state index is 12.3. The number of carboxylic acids is 1. The molecule has 0 atom stereocenters. The van der Waals surface area contributed by atoms with Crippen molar-refractivity contribution in [3.8, 4) is 63.1 Å². The summed E-state index contributed by atoms with van der Waals surface area (Å²) in [6.07, 6.45) is 12.8. The summed E-state index contributed by atoms with van der Waals surface area (Å²) in [5, 5.41) is 26.3. The van der Waals surface area contributed by atoms with E-state index in [1.54, 1.807) is 75.4 Å². The third kappa shape index (κ3) is 20.7. The van der Waals surface area contributed by atoms with E-state index < -0.39 is 42.8 Å². The van der Waals surface area contributed by atoms with E-state index in [2.05, 4.69) is 79.4 Å². The highest BCUT2D eigenvalue weighted by Gasteiger charge is 2.31. The fourth-order valence-corrected chi connectivity index (χ4v) is 9.60. The van der Waals surface area contributed by atoms with E-state index in [0.29, 0.717) is 80.0 Å². The molecule has 0 unspecified atom stereocenters. The Kier molecular flexibility index (Phi) is 22.4. The van der Waals surface area contributed by atoms with Gasteiger partial charge < -0.3 is 38.6 Å². The van der Waals surface area contributed by atoms with Gasteiger partial charge in [-0.05, 0) is 114 Å². The van der Waals surface area contributed by atoms with Crippen LogP contribution < -0.4 is 14.2 Å². The van der Waals surface area contributed by atoms with Crippen molar-refractivity contribution in [1.82, 2.24) is 49.5 Å². The molecule has 0 amide bonds. The second kappa shape index (κ2) is 28.4. The van der Waals surface area contributed by atoms with Crippen LogP contribution in [0.25, 0.3) is 45.3 Å². The van der Waals surface area contributed by atoms with Crippen LogP contribution in [0, 0.1) is 36.5 Å². The maximum Gasteiger partial charge on any atom is 0.317 e.